The minimum atomic E-state index is -0.456. The van der Waals surface area contributed by atoms with Crippen LogP contribution in [0, 0.1) is 0 Å². The second-order valence-electron chi connectivity index (χ2n) is 3.54. The number of carbonyl (C=O) groups is 1. The Kier molecular flexibility index (Phi) is 6.18. The van der Waals surface area contributed by atoms with E-state index in [4.69, 9.17) is 19.9 Å². The van der Waals surface area contributed by atoms with Crippen molar-refractivity contribution < 1.29 is 19.0 Å². The van der Waals surface area contributed by atoms with Crippen molar-refractivity contribution in [3.05, 3.63) is 29.8 Å². The standard InChI is InChI=1S/C13H19NO4/c1-3-16-12(17-4-2)9-18-11-7-5-10(6-8-11)13(14)15/h5-8,12H,3-4,9H2,1-2H3,(H2,14,15). The first-order chi connectivity index (χ1) is 8.67. The molecule has 1 rings (SSSR count). The molecule has 0 aliphatic heterocycles. The van der Waals surface area contributed by atoms with Crippen molar-refractivity contribution in [3.8, 4) is 5.75 Å². The summed E-state index contributed by atoms with van der Waals surface area (Å²) in [6.45, 7) is 5.22. The highest BCUT2D eigenvalue weighted by molar-refractivity contribution is 5.92. The Morgan fingerprint density at radius 2 is 1.72 bits per heavy atom. The third kappa shape index (κ3) is 4.73. The largest absolute Gasteiger partial charge is 0.488 e. The monoisotopic (exact) mass is 253 g/mol. The third-order valence-electron chi connectivity index (χ3n) is 2.23. The minimum absolute atomic E-state index is 0.303. The topological polar surface area (TPSA) is 70.8 Å². The van der Waals surface area contributed by atoms with E-state index in [1.807, 2.05) is 13.8 Å². The Balaban J connectivity index is 2.48. The zero-order valence-electron chi connectivity index (χ0n) is 10.7. The van der Waals surface area contributed by atoms with E-state index in [0.29, 0.717) is 31.1 Å². The van der Waals surface area contributed by atoms with Gasteiger partial charge in [0.1, 0.15) is 12.4 Å². The number of hydrogen-bond acceptors (Lipinski definition) is 4. The van der Waals surface area contributed by atoms with Crippen molar-refractivity contribution in [1.82, 2.24) is 0 Å². The van der Waals surface area contributed by atoms with Gasteiger partial charge in [-0.05, 0) is 38.1 Å². The maximum absolute atomic E-state index is 10.9. The van der Waals surface area contributed by atoms with Gasteiger partial charge in [-0.15, -0.1) is 0 Å². The molecular weight excluding hydrogens is 234 g/mol. The first kappa shape index (κ1) is 14.5. The quantitative estimate of drug-likeness (QED) is 0.714. The number of benzene rings is 1. The van der Waals surface area contributed by atoms with Gasteiger partial charge in [-0.25, -0.2) is 0 Å². The van der Waals surface area contributed by atoms with Gasteiger partial charge in [0.25, 0.3) is 0 Å². The van der Waals surface area contributed by atoms with E-state index >= 15 is 0 Å². The lowest BCUT2D eigenvalue weighted by molar-refractivity contribution is -0.152. The van der Waals surface area contributed by atoms with E-state index in [9.17, 15) is 4.79 Å². The summed E-state index contributed by atoms with van der Waals surface area (Å²) in [7, 11) is 0. The van der Waals surface area contributed by atoms with Gasteiger partial charge in [0, 0.05) is 18.8 Å². The summed E-state index contributed by atoms with van der Waals surface area (Å²) in [6.07, 6.45) is -0.379. The van der Waals surface area contributed by atoms with Gasteiger partial charge in [-0.1, -0.05) is 0 Å². The lowest BCUT2D eigenvalue weighted by atomic mass is 10.2. The maximum Gasteiger partial charge on any atom is 0.248 e. The van der Waals surface area contributed by atoms with Crippen LogP contribution in [0.3, 0.4) is 0 Å². The summed E-state index contributed by atoms with van der Waals surface area (Å²) in [5.74, 6) is 0.187. The molecule has 1 aromatic rings. The molecule has 100 valence electrons. The highest BCUT2D eigenvalue weighted by Crippen LogP contribution is 2.12. The van der Waals surface area contributed by atoms with E-state index in [-0.39, 0.29) is 6.29 Å². The van der Waals surface area contributed by atoms with Crippen LogP contribution in [0.4, 0.5) is 0 Å². The van der Waals surface area contributed by atoms with Gasteiger partial charge in [-0.2, -0.15) is 0 Å². The Morgan fingerprint density at radius 3 is 2.17 bits per heavy atom. The molecule has 0 bridgehead atoms. The van der Waals surface area contributed by atoms with Crippen LogP contribution < -0.4 is 10.5 Å². The Labute approximate surface area is 107 Å². The van der Waals surface area contributed by atoms with Gasteiger partial charge in [0.15, 0.2) is 6.29 Å². The summed E-state index contributed by atoms with van der Waals surface area (Å²) in [6, 6.07) is 6.62. The van der Waals surface area contributed by atoms with E-state index in [2.05, 4.69) is 0 Å². The van der Waals surface area contributed by atoms with E-state index in [0.717, 1.165) is 0 Å². The van der Waals surface area contributed by atoms with Crippen molar-refractivity contribution in [2.24, 2.45) is 5.73 Å². The lowest BCUT2D eigenvalue weighted by Gasteiger charge is -2.17. The van der Waals surface area contributed by atoms with Gasteiger partial charge >= 0.3 is 0 Å². The van der Waals surface area contributed by atoms with Crippen LogP contribution in [-0.4, -0.2) is 32.0 Å². The lowest BCUT2D eigenvalue weighted by Crippen LogP contribution is -2.25. The molecule has 18 heavy (non-hydrogen) atoms. The van der Waals surface area contributed by atoms with E-state index in [1.54, 1.807) is 24.3 Å². The van der Waals surface area contributed by atoms with Crippen LogP contribution in [0.15, 0.2) is 24.3 Å². The summed E-state index contributed by atoms with van der Waals surface area (Å²) >= 11 is 0. The normalized spacial score (nSPS) is 10.6. The number of hydrogen-bond donors (Lipinski definition) is 1. The predicted molar refractivity (Wildman–Crippen MR) is 67.5 cm³/mol. The summed E-state index contributed by atoms with van der Waals surface area (Å²) < 4.78 is 16.2. The fourth-order valence-electron chi connectivity index (χ4n) is 1.40. The Hall–Kier alpha value is -1.59. The van der Waals surface area contributed by atoms with Crippen molar-refractivity contribution >= 4 is 5.91 Å². The average molecular weight is 253 g/mol. The van der Waals surface area contributed by atoms with E-state index in [1.165, 1.54) is 0 Å². The molecule has 1 amide bonds. The molecule has 0 radical (unpaired) electrons. The number of amides is 1. The molecule has 2 N–H and O–H groups in total. The zero-order chi connectivity index (χ0) is 13.4. The van der Waals surface area contributed by atoms with E-state index < -0.39 is 5.91 Å². The fraction of sp³-hybridized carbons (Fsp3) is 0.462. The smallest absolute Gasteiger partial charge is 0.248 e. The number of nitrogens with two attached hydrogens (primary N) is 1. The second-order valence-corrected chi connectivity index (χ2v) is 3.54. The molecule has 0 saturated heterocycles. The maximum atomic E-state index is 10.9. The molecule has 0 saturated carbocycles. The Morgan fingerprint density at radius 1 is 1.17 bits per heavy atom. The van der Waals surface area contributed by atoms with Gasteiger partial charge < -0.3 is 19.9 Å². The first-order valence-electron chi connectivity index (χ1n) is 5.93. The minimum Gasteiger partial charge on any atom is -0.488 e. The van der Waals surface area contributed by atoms with Gasteiger partial charge in [0.05, 0.1) is 0 Å². The number of primary amides is 1. The average Bonchev–Trinajstić information content (AvgIpc) is 2.37. The van der Waals surface area contributed by atoms with Crippen LogP contribution in [0.1, 0.15) is 24.2 Å². The number of ether oxygens (including phenoxy) is 3. The molecule has 1 aromatic carbocycles. The first-order valence-corrected chi connectivity index (χ1v) is 5.93. The van der Waals surface area contributed by atoms with Crippen molar-refractivity contribution in [2.45, 2.75) is 20.1 Å². The molecule has 0 fully saturated rings. The van der Waals surface area contributed by atoms with Crippen LogP contribution in [0.25, 0.3) is 0 Å². The highest BCUT2D eigenvalue weighted by atomic mass is 16.7. The van der Waals surface area contributed by atoms with Crippen LogP contribution >= 0.6 is 0 Å². The summed E-state index contributed by atoms with van der Waals surface area (Å²) in [5.41, 5.74) is 5.60. The van der Waals surface area contributed by atoms with Crippen molar-refractivity contribution in [2.75, 3.05) is 19.8 Å². The fourth-order valence-corrected chi connectivity index (χ4v) is 1.40. The van der Waals surface area contributed by atoms with Crippen LogP contribution in [0.2, 0.25) is 0 Å². The van der Waals surface area contributed by atoms with Gasteiger partial charge in [-0.3, -0.25) is 4.79 Å². The Bertz CT molecular complexity index is 358. The molecule has 0 aliphatic rings. The van der Waals surface area contributed by atoms with Crippen LogP contribution in [-0.2, 0) is 9.47 Å². The number of carbonyl (C=O) groups excluding carboxylic acids is 1. The highest BCUT2D eigenvalue weighted by Gasteiger charge is 2.09. The molecular formula is C13H19NO4. The third-order valence-corrected chi connectivity index (χ3v) is 2.23. The molecule has 0 spiro atoms. The molecule has 0 aromatic heterocycles. The van der Waals surface area contributed by atoms with Crippen LogP contribution in [0.5, 0.6) is 5.75 Å². The molecule has 0 heterocycles. The molecule has 0 unspecified atom stereocenters. The summed E-state index contributed by atoms with van der Waals surface area (Å²) in [5, 5.41) is 0. The predicted octanol–water partition coefficient (Wildman–Crippen LogP) is 1.56. The molecule has 0 aliphatic carbocycles. The number of rotatable bonds is 8. The van der Waals surface area contributed by atoms with Crippen molar-refractivity contribution in [1.29, 1.82) is 0 Å². The SMILES string of the molecule is CCOC(COc1ccc(C(N)=O)cc1)OCC. The zero-order valence-corrected chi connectivity index (χ0v) is 10.7. The second kappa shape index (κ2) is 7.68. The van der Waals surface area contributed by atoms with Gasteiger partial charge in [0.2, 0.25) is 5.91 Å². The summed E-state index contributed by atoms with van der Waals surface area (Å²) in [4.78, 5) is 10.9. The molecule has 5 heteroatoms. The molecule has 0 atom stereocenters. The molecule has 5 nitrogen and oxygen atoms in total. The van der Waals surface area contributed by atoms with Crippen molar-refractivity contribution in [3.63, 3.8) is 0 Å².